The van der Waals surface area contributed by atoms with E-state index in [1.165, 1.54) is 25.0 Å². The molecule has 4 atom stereocenters. The van der Waals surface area contributed by atoms with Gasteiger partial charge in [0, 0.05) is 18.3 Å². The lowest BCUT2D eigenvalue weighted by Crippen LogP contribution is -2.34. The van der Waals surface area contributed by atoms with E-state index in [2.05, 4.69) is 42.4 Å². The molecule has 90 valence electrons. The summed E-state index contributed by atoms with van der Waals surface area (Å²) in [5.41, 5.74) is 1.19. The van der Waals surface area contributed by atoms with Gasteiger partial charge in [-0.2, -0.15) is 5.10 Å². The van der Waals surface area contributed by atoms with Crippen LogP contribution in [0.2, 0.25) is 0 Å². The molecule has 0 bridgehead atoms. The zero-order valence-electron chi connectivity index (χ0n) is 10.5. The second-order valence-corrected chi connectivity index (χ2v) is 5.11. The van der Waals surface area contributed by atoms with Gasteiger partial charge < -0.3 is 5.32 Å². The largest absolute Gasteiger partial charge is 0.306 e. The molecule has 1 aromatic rings. The molecule has 0 radical (unpaired) electrons. The quantitative estimate of drug-likeness (QED) is 0.820. The first kappa shape index (κ1) is 11.6. The molecule has 2 N–H and O–H groups in total. The molecule has 4 unspecified atom stereocenters. The molecular weight excluding hydrogens is 198 g/mol. The number of aromatic nitrogens is 2. The molecule has 0 aromatic carbocycles. The van der Waals surface area contributed by atoms with E-state index in [1.807, 2.05) is 6.20 Å². The monoisotopic (exact) mass is 221 g/mol. The summed E-state index contributed by atoms with van der Waals surface area (Å²) in [5.74, 6) is 1.71. The summed E-state index contributed by atoms with van der Waals surface area (Å²) in [7, 11) is 0. The molecule has 1 aliphatic carbocycles. The zero-order chi connectivity index (χ0) is 11.5. The maximum Gasteiger partial charge on any atom is 0.0518 e. The summed E-state index contributed by atoms with van der Waals surface area (Å²) >= 11 is 0. The van der Waals surface area contributed by atoms with Crippen LogP contribution in [0.5, 0.6) is 0 Å². The van der Waals surface area contributed by atoms with E-state index in [0.29, 0.717) is 12.1 Å². The van der Waals surface area contributed by atoms with Crippen LogP contribution in [0.1, 0.15) is 51.8 Å². The number of nitrogens with one attached hydrogen (secondary N) is 2. The first-order valence-electron chi connectivity index (χ1n) is 6.47. The topological polar surface area (TPSA) is 40.7 Å². The number of hydrogen-bond donors (Lipinski definition) is 2. The van der Waals surface area contributed by atoms with Crippen molar-refractivity contribution in [3.8, 4) is 0 Å². The van der Waals surface area contributed by atoms with Crippen molar-refractivity contribution in [1.29, 1.82) is 0 Å². The van der Waals surface area contributed by atoms with Gasteiger partial charge in [0.15, 0.2) is 0 Å². The molecule has 1 aliphatic rings. The third-order valence-corrected chi connectivity index (χ3v) is 4.20. The standard InChI is InChI=1S/C13H23N3/c1-4-11-5-6-12(9(11)2)15-10(3)13-7-8-14-16-13/h7-12,15H,4-6H2,1-3H3,(H,14,16). The van der Waals surface area contributed by atoms with Crippen molar-refractivity contribution in [3.05, 3.63) is 18.0 Å². The van der Waals surface area contributed by atoms with Crippen LogP contribution in [0.15, 0.2) is 12.3 Å². The van der Waals surface area contributed by atoms with Crippen LogP contribution in [0.4, 0.5) is 0 Å². The summed E-state index contributed by atoms with van der Waals surface area (Å²) in [6.07, 6.45) is 5.83. The number of hydrogen-bond acceptors (Lipinski definition) is 2. The molecule has 2 rings (SSSR count). The van der Waals surface area contributed by atoms with Crippen molar-refractivity contribution in [1.82, 2.24) is 15.5 Å². The molecule has 3 heteroatoms. The van der Waals surface area contributed by atoms with Crippen molar-refractivity contribution >= 4 is 0 Å². The van der Waals surface area contributed by atoms with Gasteiger partial charge in [0.1, 0.15) is 0 Å². The van der Waals surface area contributed by atoms with Crippen molar-refractivity contribution in [2.45, 2.75) is 52.1 Å². The molecule has 0 saturated heterocycles. The summed E-state index contributed by atoms with van der Waals surface area (Å²) in [6.45, 7) is 6.90. The highest BCUT2D eigenvalue weighted by Gasteiger charge is 2.32. The minimum absolute atomic E-state index is 0.380. The molecule has 1 heterocycles. The summed E-state index contributed by atoms with van der Waals surface area (Å²) < 4.78 is 0. The van der Waals surface area contributed by atoms with Crippen LogP contribution in [0.25, 0.3) is 0 Å². The second-order valence-electron chi connectivity index (χ2n) is 5.11. The van der Waals surface area contributed by atoms with Crippen LogP contribution in [-0.4, -0.2) is 16.2 Å². The highest BCUT2D eigenvalue weighted by atomic mass is 15.1. The maximum atomic E-state index is 4.00. The Kier molecular flexibility index (Phi) is 3.64. The lowest BCUT2D eigenvalue weighted by molar-refractivity contribution is 0.325. The lowest BCUT2D eigenvalue weighted by atomic mass is 9.93. The molecule has 1 aromatic heterocycles. The van der Waals surface area contributed by atoms with Crippen molar-refractivity contribution in [3.63, 3.8) is 0 Å². The minimum atomic E-state index is 0.380. The Morgan fingerprint density at radius 1 is 1.56 bits per heavy atom. The first-order chi connectivity index (χ1) is 7.72. The van der Waals surface area contributed by atoms with Crippen LogP contribution < -0.4 is 5.32 Å². The van der Waals surface area contributed by atoms with Gasteiger partial charge in [0.05, 0.1) is 5.69 Å². The fourth-order valence-corrected chi connectivity index (χ4v) is 2.98. The molecular formula is C13H23N3. The van der Waals surface area contributed by atoms with Gasteiger partial charge in [-0.1, -0.05) is 20.3 Å². The average Bonchev–Trinajstić information content (AvgIpc) is 2.89. The fourth-order valence-electron chi connectivity index (χ4n) is 2.98. The Bertz CT molecular complexity index is 307. The Labute approximate surface area is 98.0 Å². The number of nitrogens with zero attached hydrogens (tertiary/aromatic N) is 1. The predicted molar refractivity (Wildman–Crippen MR) is 66.1 cm³/mol. The lowest BCUT2D eigenvalue weighted by Gasteiger charge is -2.24. The molecule has 16 heavy (non-hydrogen) atoms. The van der Waals surface area contributed by atoms with Gasteiger partial charge in [-0.25, -0.2) is 0 Å². The summed E-state index contributed by atoms with van der Waals surface area (Å²) in [5, 5.41) is 10.8. The van der Waals surface area contributed by atoms with E-state index in [-0.39, 0.29) is 0 Å². The number of aromatic amines is 1. The van der Waals surface area contributed by atoms with Gasteiger partial charge >= 0.3 is 0 Å². The minimum Gasteiger partial charge on any atom is -0.306 e. The van der Waals surface area contributed by atoms with E-state index in [0.717, 1.165) is 11.8 Å². The Morgan fingerprint density at radius 2 is 2.38 bits per heavy atom. The number of H-pyrrole nitrogens is 1. The first-order valence-corrected chi connectivity index (χ1v) is 6.47. The third-order valence-electron chi connectivity index (χ3n) is 4.20. The van der Waals surface area contributed by atoms with Crippen molar-refractivity contribution in [2.24, 2.45) is 11.8 Å². The van der Waals surface area contributed by atoms with Gasteiger partial charge in [0.2, 0.25) is 0 Å². The molecule has 0 amide bonds. The Morgan fingerprint density at radius 3 is 2.94 bits per heavy atom. The summed E-state index contributed by atoms with van der Waals surface area (Å²) in [6, 6.07) is 3.10. The molecule has 1 saturated carbocycles. The fraction of sp³-hybridized carbons (Fsp3) is 0.769. The van der Waals surface area contributed by atoms with E-state index < -0.39 is 0 Å². The molecule has 0 spiro atoms. The van der Waals surface area contributed by atoms with Crippen LogP contribution in [0.3, 0.4) is 0 Å². The van der Waals surface area contributed by atoms with Gasteiger partial charge in [-0.3, -0.25) is 5.10 Å². The van der Waals surface area contributed by atoms with Crippen LogP contribution >= 0.6 is 0 Å². The van der Waals surface area contributed by atoms with Gasteiger partial charge in [-0.05, 0) is 37.7 Å². The van der Waals surface area contributed by atoms with Crippen molar-refractivity contribution < 1.29 is 0 Å². The van der Waals surface area contributed by atoms with E-state index in [1.54, 1.807) is 0 Å². The Balaban J connectivity index is 1.91. The zero-order valence-corrected chi connectivity index (χ0v) is 10.5. The number of rotatable bonds is 4. The summed E-state index contributed by atoms with van der Waals surface area (Å²) in [4.78, 5) is 0. The van der Waals surface area contributed by atoms with Gasteiger partial charge in [-0.15, -0.1) is 0 Å². The van der Waals surface area contributed by atoms with Crippen LogP contribution in [-0.2, 0) is 0 Å². The van der Waals surface area contributed by atoms with E-state index in [4.69, 9.17) is 0 Å². The van der Waals surface area contributed by atoms with E-state index in [9.17, 15) is 0 Å². The molecule has 0 aliphatic heterocycles. The molecule has 3 nitrogen and oxygen atoms in total. The SMILES string of the molecule is CCC1CCC(NC(C)c2ccn[nH]2)C1C. The average molecular weight is 221 g/mol. The Hall–Kier alpha value is -0.830. The smallest absolute Gasteiger partial charge is 0.0518 e. The third kappa shape index (κ3) is 2.29. The van der Waals surface area contributed by atoms with Crippen molar-refractivity contribution in [2.75, 3.05) is 0 Å². The van der Waals surface area contributed by atoms with E-state index >= 15 is 0 Å². The normalized spacial score (nSPS) is 31.8. The maximum absolute atomic E-state index is 4.00. The van der Waals surface area contributed by atoms with Gasteiger partial charge in [0.25, 0.3) is 0 Å². The predicted octanol–water partition coefficient (Wildman–Crippen LogP) is 2.89. The highest BCUT2D eigenvalue weighted by molar-refractivity contribution is 5.04. The second kappa shape index (κ2) is 5.00. The van der Waals surface area contributed by atoms with Crippen LogP contribution in [0, 0.1) is 11.8 Å². The molecule has 1 fully saturated rings. The highest BCUT2D eigenvalue weighted by Crippen LogP contribution is 2.34.